The lowest BCUT2D eigenvalue weighted by molar-refractivity contribution is -0.385. The lowest BCUT2D eigenvalue weighted by Gasteiger charge is -2.11. The highest BCUT2D eigenvalue weighted by molar-refractivity contribution is 5.90. The number of aromatic nitrogens is 1. The van der Waals surface area contributed by atoms with E-state index in [0.717, 1.165) is 34.4 Å². The van der Waals surface area contributed by atoms with Crippen LogP contribution in [0.25, 0.3) is 10.9 Å². The fourth-order valence-electron chi connectivity index (χ4n) is 2.26. The number of anilines is 1. The zero-order valence-electron chi connectivity index (χ0n) is 11.6. The molecule has 1 N–H and O–H groups in total. The molecule has 0 unspecified atom stereocenters. The van der Waals surface area contributed by atoms with Crippen molar-refractivity contribution < 1.29 is 4.92 Å². The van der Waals surface area contributed by atoms with Gasteiger partial charge in [0.25, 0.3) is 5.69 Å². The van der Waals surface area contributed by atoms with E-state index in [4.69, 9.17) is 0 Å². The number of hydrogen-bond acceptors (Lipinski definition) is 4. The highest BCUT2D eigenvalue weighted by Crippen LogP contribution is 2.31. The summed E-state index contributed by atoms with van der Waals surface area (Å²) in [5, 5.41) is 15.1. The van der Waals surface area contributed by atoms with Gasteiger partial charge in [0.15, 0.2) is 0 Å². The SMILES string of the molecule is CCNc1nc2c(C)cc([N+](=O)[O-])c(C)c2cc1C. The van der Waals surface area contributed by atoms with Gasteiger partial charge < -0.3 is 5.32 Å². The normalized spacial score (nSPS) is 10.7. The van der Waals surface area contributed by atoms with Gasteiger partial charge in [-0.15, -0.1) is 0 Å². The van der Waals surface area contributed by atoms with E-state index in [1.54, 1.807) is 13.0 Å². The summed E-state index contributed by atoms with van der Waals surface area (Å²) >= 11 is 0. The number of nitrogens with zero attached hydrogens (tertiary/aromatic N) is 2. The van der Waals surface area contributed by atoms with Crippen LogP contribution in [0.15, 0.2) is 12.1 Å². The molecule has 19 heavy (non-hydrogen) atoms. The van der Waals surface area contributed by atoms with E-state index >= 15 is 0 Å². The molecule has 1 heterocycles. The molecule has 0 aliphatic carbocycles. The number of aryl methyl sites for hydroxylation is 3. The Balaban J connectivity index is 2.79. The molecule has 0 fully saturated rings. The third kappa shape index (κ3) is 2.23. The molecule has 2 aromatic rings. The first-order valence-corrected chi connectivity index (χ1v) is 6.25. The summed E-state index contributed by atoms with van der Waals surface area (Å²) in [6.45, 7) is 8.39. The van der Waals surface area contributed by atoms with Crippen LogP contribution in [0.2, 0.25) is 0 Å². The van der Waals surface area contributed by atoms with Crippen molar-refractivity contribution in [2.24, 2.45) is 0 Å². The lowest BCUT2D eigenvalue weighted by atomic mass is 10.0. The molecule has 0 saturated heterocycles. The monoisotopic (exact) mass is 259 g/mol. The van der Waals surface area contributed by atoms with E-state index < -0.39 is 0 Å². The van der Waals surface area contributed by atoms with Crippen LogP contribution in [0.5, 0.6) is 0 Å². The average Bonchev–Trinajstić information content (AvgIpc) is 2.35. The summed E-state index contributed by atoms with van der Waals surface area (Å²) < 4.78 is 0. The van der Waals surface area contributed by atoms with Gasteiger partial charge in [-0.2, -0.15) is 0 Å². The number of nitro groups is 1. The molecule has 0 aliphatic rings. The number of nitro benzene ring substituents is 1. The molecular weight excluding hydrogens is 242 g/mol. The first-order chi connectivity index (χ1) is 8.95. The molecule has 2 rings (SSSR count). The van der Waals surface area contributed by atoms with E-state index in [1.165, 1.54) is 0 Å². The van der Waals surface area contributed by atoms with Gasteiger partial charge in [0.2, 0.25) is 0 Å². The summed E-state index contributed by atoms with van der Waals surface area (Å²) in [6.07, 6.45) is 0. The van der Waals surface area contributed by atoms with Gasteiger partial charge in [-0.1, -0.05) is 0 Å². The zero-order valence-corrected chi connectivity index (χ0v) is 11.6. The molecule has 1 aromatic heterocycles. The first kappa shape index (κ1) is 13.3. The maximum atomic E-state index is 11.0. The maximum absolute atomic E-state index is 11.0. The Morgan fingerprint density at radius 2 is 1.95 bits per heavy atom. The van der Waals surface area contributed by atoms with Crippen LogP contribution in [-0.4, -0.2) is 16.5 Å². The molecule has 0 amide bonds. The van der Waals surface area contributed by atoms with Gasteiger partial charge in [-0.05, 0) is 44.9 Å². The second-order valence-corrected chi connectivity index (χ2v) is 4.68. The second kappa shape index (κ2) is 4.84. The molecule has 0 spiro atoms. The topological polar surface area (TPSA) is 68.1 Å². The van der Waals surface area contributed by atoms with Crippen LogP contribution >= 0.6 is 0 Å². The highest BCUT2D eigenvalue weighted by atomic mass is 16.6. The van der Waals surface area contributed by atoms with Crippen molar-refractivity contribution in [2.45, 2.75) is 27.7 Å². The van der Waals surface area contributed by atoms with Crippen molar-refractivity contribution in [3.63, 3.8) is 0 Å². The first-order valence-electron chi connectivity index (χ1n) is 6.25. The molecule has 1 aromatic carbocycles. The van der Waals surface area contributed by atoms with Gasteiger partial charge in [-0.3, -0.25) is 10.1 Å². The average molecular weight is 259 g/mol. The standard InChI is InChI=1S/C14H17N3O2/c1-5-15-14-9(3)6-11-10(4)12(17(18)19)7-8(2)13(11)16-14/h6-7H,5H2,1-4H3,(H,15,16). The largest absolute Gasteiger partial charge is 0.370 e. The minimum Gasteiger partial charge on any atom is -0.370 e. The van der Waals surface area contributed by atoms with Gasteiger partial charge in [-0.25, -0.2) is 4.98 Å². The van der Waals surface area contributed by atoms with Crippen LogP contribution in [0, 0.1) is 30.9 Å². The number of pyridine rings is 1. The maximum Gasteiger partial charge on any atom is 0.273 e. The van der Waals surface area contributed by atoms with Crippen molar-refractivity contribution in [3.8, 4) is 0 Å². The Labute approximate surface area is 111 Å². The van der Waals surface area contributed by atoms with Crippen molar-refractivity contribution in [2.75, 3.05) is 11.9 Å². The van der Waals surface area contributed by atoms with Crippen LogP contribution < -0.4 is 5.32 Å². The molecule has 5 heteroatoms. The summed E-state index contributed by atoms with van der Waals surface area (Å²) in [4.78, 5) is 15.3. The molecule has 0 saturated carbocycles. The smallest absolute Gasteiger partial charge is 0.273 e. The van der Waals surface area contributed by atoms with E-state index in [-0.39, 0.29) is 10.6 Å². The van der Waals surface area contributed by atoms with Crippen molar-refractivity contribution in [1.82, 2.24) is 4.98 Å². The van der Waals surface area contributed by atoms with Gasteiger partial charge >= 0.3 is 0 Å². The summed E-state index contributed by atoms with van der Waals surface area (Å²) in [7, 11) is 0. The van der Waals surface area contributed by atoms with Crippen molar-refractivity contribution in [1.29, 1.82) is 0 Å². The third-order valence-electron chi connectivity index (χ3n) is 3.27. The predicted molar refractivity (Wildman–Crippen MR) is 76.8 cm³/mol. The fourth-order valence-corrected chi connectivity index (χ4v) is 2.26. The number of rotatable bonds is 3. The molecule has 0 aliphatic heterocycles. The Kier molecular flexibility index (Phi) is 3.38. The lowest BCUT2D eigenvalue weighted by Crippen LogP contribution is -2.03. The summed E-state index contributed by atoms with van der Waals surface area (Å²) in [5.74, 6) is 0.839. The molecular formula is C14H17N3O2. The van der Waals surface area contributed by atoms with Crippen LogP contribution in [0.4, 0.5) is 11.5 Å². The molecule has 0 bridgehead atoms. The van der Waals surface area contributed by atoms with Crippen molar-refractivity contribution >= 4 is 22.4 Å². The minimum absolute atomic E-state index is 0.155. The van der Waals surface area contributed by atoms with Gasteiger partial charge in [0.1, 0.15) is 5.82 Å². The Morgan fingerprint density at radius 1 is 1.26 bits per heavy atom. The van der Waals surface area contributed by atoms with Crippen LogP contribution in [0.1, 0.15) is 23.6 Å². The van der Waals surface area contributed by atoms with E-state index in [2.05, 4.69) is 10.3 Å². The van der Waals surface area contributed by atoms with Crippen LogP contribution in [-0.2, 0) is 0 Å². The second-order valence-electron chi connectivity index (χ2n) is 4.68. The molecule has 100 valence electrons. The number of benzene rings is 1. The Bertz CT molecular complexity index is 666. The summed E-state index contributed by atoms with van der Waals surface area (Å²) in [6, 6.07) is 3.56. The van der Waals surface area contributed by atoms with E-state index in [1.807, 2.05) is 26.8 Å². The molecule has 0 atom stereocenters. The summed E-state index contributed by atoms with van der Waals surface area (Å²) in [5.41, 5.74) is 3.47. The van der Waals surface area contributed by atoms with Gasteiger partial charge in [0, 0.05) is 23.6 Å². The predicted octanol–water partition coefficient (Wildman–Crippen LogP) is 3.50. The molecule has 5 nitrogen and oxygen atoms in total. The molecule has 0 radical (unpaired) electrons. The van der Waals surface area contributed by atoms with E-state index in [0.29, 0.717) is 5.56 Å². The van der Waals surface area contributed by atoms with Gasteiger partial charge in [0.05, 0.1) is 10.4 Å². The Hall–Kier alpha value is -2.17. The third-order valence-corrected chi connectivity index (χ3v) is 3.27. The minimum atomic E-state index is -0.338. The number of fused-ring (bicyclic) bond motifs is 1. The Morgan fingerprint density at radius 3 is 2.53 bits per heavy atom. The number of hydrogen-bond donors (Lipinski definition) is 1. The fraction of sp³-hybridized carbons (Fsp3) is 0.357. The van der Waals surface area contributed by atoms with Crippen molar-refractivity contribution in [3.05, 3.63) is 38.9 Å². The number of nitrogens with one attached hydrogen (secondary N) is 1. The quantitative estimate of drug-likeness (QED) is 0.676. The van der Waals surface area contributed by atoms with E-state index in [9.17, 15) is 10.1 Å². The zero-order chi connectivity index (χ0) is 14.2. The highest BCUT2D eigenvalue weighted by Gasteiger charge is 2.17. The van der Waals surface area contributed by atoms with Crippen LogP contribution in [0.3, 0.4) is 0 Å².